The molecule has 0 aromatic rings. The van der Waals surface area contributed by atoms with Gasteiger partial charge in [0.05, 0.1) is 5.92 Å². The second-order valence-corrected chi connectivity index (χ2v) is 5.51. The molecule has 0 fully saturated rings. The zero-order chi connectivity index (χ0) is 17.3. The van der Waals surface area contributed by atoms with Crippen LogP contribution in [0.15, 0.2) is 24.3 Å². The van der Waals surface area contributed by atoms with Crippen LogP contribution in [-0.4, -0.2) is 30.6 Å². The van der Waals surface area contributed by atoms with Crippen molar-refractivity contribution in [2.45, 2.75) is 72.0 Å². The third-order valence-electron chi connectivity index (χ3n) is 3.50. The lowest BCUT2D eigenvalue weighted by atomic mass is 10.00. The molecule has 0 amide bonds. The molecule has 1 unspecified atom stereocenters. The molecule has 23 heavy (non-hydrogen) atoms. The lowest BCUT2D eigenvalue weighted by Gasteiger charge is -2.12. The van der Waals surface area contributed by atoms with Gasteiger partial charge < -0.3 is 14.6 Å². The molecule has 0 aromatic heterocycles. The minimum absolute atomic E-state index is 0.265. The summed E-state index contributed by atoms with van der Waals surface area (Å²) in [7, 11) is 0. The van der Waals surface area contributed by atoms with Crippen LogP contribution in [0.1, 0.15) is 65.7 Å². The first-order valence-corrected chi connectivity index (χ1v) is 8.94. The van der Waals surface area contributed by atoms with Crippen molar-refractivity contribution in [2.75, 3.05) is 13.2 Å². The zero-order valence-corrected chi connectivity index (χ0v) is 15.0. The van der Waals surface area contributed by atoms with Crippen LogP contribution in [0.2, 0.25) is 0 Å². The molecule has 134 valence electrons. The molecule has 1 N–H and O–H groups in total. The monoisotopic (exact) mass is 326 g/mol. The number of hydrogen-bond acceptors (Lipinski definition) is 3. The molecule has 0 spiro atoms. The first-order chi connectivity index (χ1) is 11.2. The van der Waals surface area contributed by atoms with Crippen molar-refractivity contribution in [3.05, 3.63) is 24.3 Å². The van der Waals surface area contributed by atoms with Gasteiger partial charge in [-0.05, 0) is 45.6 Å². The average molecular weight is 326 g/mol. The normalized spacial score (nSPS) is 13.4. The van der Waals surface area contributed by atoms with Crippen LogP contribution in [0, 0.1) is 5.92 Å². The number of allylic oxidation sites excluding steroid dienone is 2. The van der Waals surface area contributed by atoms with E-state index < -0.39 is 5.97 Å². The molecule has 0 rings (SSSR count). The highest BCUT2D eigenvalue weighted by atomic mass is 16.7. The highest BCUT2D eigenvalue weighted by molar-refractivity contribution is 5.72. The van der Waals surface area contributed by atoms with Gasteiger partial charge in [0.2, 0.25) is 0 Å². The quantitative estimate of drug-likeness (QED) is 0.263. The Labute approximate surface area is 141 Å². The van der Waals surface area contributed by atoms with Crippen molar-refractivity contribution in [1.29, 1.82) is 0 Å². The third kappa shape index (κ3) is 13.0. The molecule has 0 bridgehead atoms. The maximum absolute atomic E-state index is 11.2. The predicted octanol–water partition coefficient (Wildman–Crippen LogP) is 4.95. The number of carboxylic acid groups (broad SMARTS) is 1. The second kappa shape index (κ2) is 15.8. The molecule has 0 saturated carbocycles. The minimum atomic E-state index is -0.721. The topological polar surface area (TPSA) is 55.8 Å². The Morgan fingerprint density at radius 2 is 1.57 bits per heavy atom. The predicted molar refractivity (Wildman–Crippen MR) is 94.4 cm³/mol. The average Bonchev–Trinajstić information content (AvgIpc) is 2.52. The van der Waals surface area contributed by atoms with Crippen molar-refractivity contribution in [1.82, 2.24) is 0 Å². The molecular weight excluding hydrogens is 292 g/mol. The van der Waals surface area contributed by atoms with Gasteiger partial charge >= 0.3 is 5.97 Å². The van der Waals surface area contributed by atoms with Crippen LogP contribution in [-0.2, 0) is 14.3 Å². The Morgan fingerprint density at radius 1 is 0.957 bits per heavy atom. The summed E-state index contributed by atoms with van der Waals surface area (Å²) in [5.74, 6) is -1.07. The van der Waals surface area contributed by atoms with E-state index in [4.69, 9.17) is 9.47 Å². The van der Waals surface area contributed by atoms with Gasteiger partial charge in [-0.2, -0.15) is 0 Å². The van der Waals surface area contributed by atoms with Gasteiger partial charge in [0.1, 0.15) is 0 Å². The van der Waals surface area contributed by atoms with Crippen molar-refractivity contribution in [2.24, 2.45) is 5.92 Å². The van der Waals surface area contributed by atoms with Gasteiger partial charge in [0, 0.05) is 13.2 Å². The first kappa shape index (κ1) is 21.9. The van der Waals surface area contributed by atoms with Crippen molar-refractivity contribution < 1.29 is 19.4 Å². The number of aliphatic carboxylic acids is 1. The minimum Gasteiger partial charge on any atom is -0.481 e. The van der Waals surface area contributed by atoms with E-state index in [0.29, 0.717) is 19.6 Å². The first-order valence-electron chi connectivity index (χ1n) is 8.94. The summed E-state index contributed by atoms with van der Waals surface area (Å²) in [5, 5.41) is 9.23. The Kier molecular flexibility index (Phi) is 15.0. The van der Waals surface area contributed by atoms with E-state index in [-0.39, 0.29) is 12.2 Å². The molecule has 0 aromatic carbocycles. The number of ether oxygens (including phenoxy) is 2. The molecule has 0 saturated heterocycles. The van der Waals surface area contributed by atoms with Crippen LogP contribution in [0.5, 0.6) is 0 Å². The molecule has 4 heteroatoms. The van der Waals surface area contributed by atoms with Crippen LogP contribution < -0.4 is 0 Å². The van der Waals surface area contributed by atoms with Gasteiger partial charge in [-0.1, -0.05) is 44.4 Å². The molecule has 4 nitrogen and oxygen atoms in total. The van der Waals surface area contributed by atoms with Crippen LogP contribution >= 0.6 is 0 Å². The summed E-state index contributed by atoms with van der Waals surface area (Å²) < 4.78 is 10.9. The van der Waals surface area contributed by atoms with E-state index in [9.17, 15) is 9.90 Å². The van der Waals surface area contributed by atoms with Crippen molar-refractivity contribution >= 4 is 5.97 Å². The molecule has 0 aliphatic heterocycles. The van der Waals surface area contributed by atoms with E-state index in [1.807, 2.05) is 32.1 Å². The van der Waals surface area contributed by atoms with E-state index in [2.05, 4.69) is 13.0 Å². The summed E-state index contributed by atoms with van der Waals surface area (Å²) in [4.78, 5) is 11.2. The number of carbonyl (C=O) groups is 1. The maximum Gasteiger partial charge on any atom is 0.310 e. The molecule has 0 aliphatic rings. The summed E-state index contributed by atoms with van der Waals surface area (Å²) in [6, 6.07) is 0. The fourth-order valence-corrected chi connectivity index (χ4v) is 2.21. The summed E-state index contributed by atoms with van der Waals surface area (Å²) in [6.07, 6.45) is 14.3. The van der Waals surface area contributed by atoms with E-state index >= 15 is 0 Å². The van der Waals surface area contributed by atoms with Crippen molar-refractivity contribution in [3.63, 3.8) is 0 Å². The highest BCUT2D eigenvalue weighted by Gasteiger charge is 2.12. The van der Waals surface area contributed by atoms with E-state index in [1.54, 1.807) is 0 Å². The molecular formula is C19H34O4. The SMILES string of the molecule is CCCCC=CC(CCCC/C=C\C(OCC)OCC)C(=O)O. The summed E-state index contributed by atoms with van der Waals surface area (Å²) in [5.41, 5.74) is 0. The Morgan fingerprint density at radius 3 is 2.13 bits per heavy atom. The standard InChI is InChI=1S/C19H34O4/c1-4-7-8-11-14-17(19(20)21)15-12-9-10-13-16-18(22-5-2)23-6-3/h11,13-14,16-18H,4-10,12,15H2,1-3H3,(H,20,21)/b14-11?,16-13-. The van der Waals surface area contributed by atoms with Gasteiger partial charge in [0.25, 0.3) is 0 Å². The summed E-state index contributed by atoms with van der Waals surface area (Å²) in [6.45, 7) is 7.27. The van der Waals surface area contributed by atoms with Crippen molar-refractivity contribution in [3.8, 4) is 0 Å². The second-order valence-electron chi connectivity index (χ2n) is 5.51. The Hall–Kier alpha value is -1.13. The molecule has 0 radical (unpaired) electrons. The lowest BCUT2D eigenvalue weighted by Crippen LogP contribution is -2.14. The number of rotatable bonds is 15. The number of unbranched alkanes of at least 4 members (excludes halogenated alkanes) is 4. The lowest BCUT2D eigenvalue weighted by molar-refractivity contribution is -0.140. The summed E-state index contributed by atoms with van der Waals surface area (Å²) >= 11 is 0. The Balaban J connectivity index is 3.96. The van der Waals surface area contributed by atoms with E-state index in [0.717, 1.165) is 38.5 Å². The Bertz CT molecular complexity index is 330. The van der Waals surface area contributed by atoms with Crippen LogP contribution in [0.25, 0.3) is 0 Å². The van der Waals surface area contributed by atoms with Crippen LogP contribution in [0.4, 0.5) is 0 Å². The number of carboxylic acids is 1. The van der Waals surface area contributed by atoms with Gasteiger partial charge in [-0.25, -0.2) is 0 Å². The maximum atomic E-state index is 11.2. The van der Waals surface area contributed by atoms with Gasteiger partial charge in [0.15, 0.2) is 6.29 Å². The smallest absolute Gasteiger partial charge is 0.310 e. The fourth-order valence-electron chi connectivity index (χ4n) is 2.21. The van der Waals surface area contributed by atoms with Gasteiger partial charge in [-0.15, -0.1) is 0 Å². The van der Waals surface area contributed by atoms with Crippen LogP contribution in [0.3, 0.4) is 0 Å². The zero-order valence-electron chi connectivity index (χ0n) is 15.0. The fraction of sp³-hybridized carbons (Fsp3) is 0.737. The molecule has 1 atom stereocenters. The molecule has 0 heterocycles. The molecule has 0 aliphatic carbocycles. The largest absolute Gasteiger partial charge is 0.481 e. The highest BCUT2D eigenvalue weighted by Crippen LogP contribution is 2.13. The third-order valence-corrected chi connectivity index (χ3v) is 3.50. The number of hydrogen-bond donors (Lipinski definition) is 1. The van der Waals surface area contributed by atoms with Gasteiger partial charge in [-0.3, -0.25) is 4.79 Å². The van der Waals surface area contributed by atoms with E-state index in [1.165, 1.54) is 0 Å².